The highest BCUT2D eigenvalue weighted by atomic mass is 16.5. The summed E-state index contributed by atoms with van der Waals surface area (Å²) < 4.78 is 17.5. The van der Waals surface area contributed by atoms with E-state index in [-0.39, 0.29) is 18.1 Å². The lowest BCUT2D eigenvalue weighted by atomic mass is 9.83. The highest BCUT2D eigenvalue weighted by Crippen LogP contribution is 2.43. The van der Waals surface area contributed by atoms with Gasteiger partial charge in [-0.2, -0.15) is 0 Å². The van der Waals surface area contributed by atoms with Crippen LogP contribution < -0.4 is 14.8 Å². The van der Waals surface area contributed by atoms with Crippen molar-refractivity contribution >= 4 is 12.3 Å². The van der Waals surface area contributed by atoms with E-state index in [2.05, 4.69) is 5.32 Å². The molecule has 7 heteroatoms. The molecule has 0 aliphatic carbocycles. The van der Waals surface area contributed by atoms with Gasteiger partial charge in [0.2, 0.25) is 12.3 Å². The van der Waals surface area contributed by atoms with E-state index in [9.17, 15) is 9.59 Å². The first-order chi connectivity index (χ1) is 13.1. The van der Waals surface area contributed by atoms with Crippen molar-refractivity contribution in [3.63, 3.8) is 0 Å². The van der Waals surface area contributed by atoms with Gasteiger partial charge in [-0.3, -0.25) is 9.59 Å². The molecule has 148 valence electrons. The Morgan fingerprint density at radius 3 is 2.63 bits per heavy atom. The molecule has 2 heterocycles. The van der Waals surface area contributed by atoms with Crippen LogP contribution in [0, 0.1) is 5.92 Å². The molecule has 0 spiro atoms. The summed E-state index contributed by atoms with van der Waals surface area (Å²) in [6, 6.07) is 3.86. The van der Waals surface area contributed by atoms with Gasteiger partial charge in [0.15, 0.2) is 11.5 Å². The fourth-order valence-corrected chi connectivity index (χ4v) is 4.23. The summed E-state index contributed by atoms with van der Waals surface area (Å²) in [4.78, 5) is 24.3. The number of hydrogen-bond donors (Lipinski definition) is 1. The van der Waals surface area contributed by atoms with Gasteiger partial charge in [-0.05, 0) is 30.4 Å². The van der Waals surface area contributed by atoms with Gasteiger partial charge < -0.3 is 24.4 Å². The van der Waals surface area contributed by atoms with Gasteiger partial charge in [0, 0.05) is 38.5 Å². The minimum atomic E-state index is -0.227. The number of ether oxygens (including phenoxy) is 3. The number of rotatable bonds is 6. The van der Waals surface area contributed by atoms with E-state index in [0.717, 1.165) is 49.2 Å². The van der Waals surface area contributed by atoms with Crippen LogP contribution in [0.25, 0.3) is 0 Å². The molecule has 0 unspecified atom stereocenters. The molecule has 27 heavy (non-hydrogen) atoms. The van der Waals surface area contributed by atoms with Gasteiger partial charge in [-0.25, -0.2) is 0 Å². The highest BCUT2D eigenvalue weighted by Gasteiger charge is 2.36. The second-order valence-electron chi connectivity index (χ2n) is 7.11. The van der Waals surface area contributed by atoms with Crippen LogP contribution in [0.4, 0.5) is 0 Å². The third-order valence-corrected chi connectivity index (χ3v) is 5.67. The molecule has 2 amide bonds. The monoisotopic (exact) mass is 376 g/mol. The fourth-order valence-electron chi connectivity index (χ4n) is 4.23. The van der Waals surface area contributed by atoms with E-state index in [4.69, 9.17) is 14.2 Å². The van der Waals surface area contributed by atoms with E-state index in [0.29, 0.717) is 24.6 Å². The molecule has 1 aromatic rings. The minimum Gasteiger partial charge on any atom is -0.493 e. The molecular formula is C20H28N2O5. The van der Waals surface area contributed by atoms with Gasteiger partial charge in [0.1, 0.15) is 6.10 Å². The number of hydrogen-bond acceptors (Lipinski definition) is 5. The van der Waals surface area contributed by atoms with Gasteiger partial charge in [-0.15, -0.1) is 0 Å². The summed E-state index contributed by atoms with van der Waals surface area (Å²) in [5.41, 5.74) is 2.11. The van der Waals surface area contributed by atoms with E-state index in [1.54, 1.807) is 21.1 Å². The Morgan fingerprint density at radius 2 is 2.04 bits per heavy atom. The minimum absolute atomic E-state index is 0.0195. The molecule has 2 atom stereocenters. The number of amides is 2. The quantitative estimate of drug-likeness (QED) is 0.765. The maximum Gasteiger partial charge on any atom is 0.219 e. The Balaban J connectivity index is 1.85. The van der Waals surface area contributed by atoms with Crippen LogP contribution in [-0.2, 0) is 20.7 Å². The highest BCUT2D eigenvalue weighted by molar-refractivity contribution is 5.73. The van der Waals surface area contributed by atoms with Crippen LogP contribution in [0.1, 0.15) is 37.0 Å². The zero-order chi connectivity index (χ0) is 19.4. The van der Waals surface area contributed by atoms with E-state index in [1.165, 1.54) is 0 Å². The average molecular weight is 376 g/mol. The molecular weight excluding hydrogens is 348 g/mol. The number of fused-ring (bicyclic) bond motifs is 1. The first kappa shape index (κ1) is 19.5. The number of carbonyl (C=O) groups excluding carboxylic acids is 2. The van der Waals surface area contributed by atoms with Gasteiger partial charge in [-0.1, -0.05) is 6.07 Å². The maximum absolute atomic E-state index is 11.6. The zero-order valence-electron chi connectivity index (χ0n) is 16.2. The Hall–Kier alpha value is -2.28. The van der Waals surface area contributed by atoms with Gasteiger partial charge in [0.05, 0.1) is 20.3 Å². The van der Waals surface area contributed by atoms with E-state index < -0.39 is 0 Å². The van der Waals surface area contributed by atoms with Crippen molar-refractivity contribution in [3.8, 4) is 11.5 Å². The molecule has 3 rings (SSSR count). The molecule has 7 nitrogen and oxygen atoms in total. The van der Waals surface area contributed by atoms with Crippen LogP contribution in [-0.4, -0.2) is 57.2 Å². The van der Waals surface area contributed by atoms with Crippen LogP contribution >= 0.6 is 0 Å². The van der Waals surface area contributed by atoms with Gasteiger partial charge >= 0.3 is 0 Å². The van der Waals surface area contributed by atoms with Crippen LogP contribution in [0.5, 0.6) is 11.5 Å². The standard InChI is InChI=1S/C20H28N2O5/c1-13(24)22-8-6-14(7-9-22)18-10-16-15(19(27-18)11-21-12-23)4-5-17(25-2)20(16)26-3/h4-5,12,14,18-19H,6-11H2,1-3H3,(H,21,23)/t18-,19-/m1/s1. The van der Waals surface area contributed by atoms with Crippen molar-refractivity contribution in [3.05, 3.63) is 23.3 Å². The number of nitrogens with zero attached hydrogens (tertiary/aromatic N) is 1. The number of carbonyl (C=O) groups is 2. The van der Waals surface area contributed by atoms with Crippen LogP contribution in [0.15, 0.2) is 12.1 Å². The van der Waals surface area contributed by atoms with Crippen molar-refractivity contribution in [1.82, 2.24) is 10.2 Å². The molecule has 0 bridgehead atoms. The number of nitrogens with one attached hydrogen (secondary N) is 1. The SMILES string of the molecule is COc1ccc2c(c1OC)C[C@H](C1CCN(C(C)=O)CC1)O[C@@H]2CNC=O. The lowest BCUT2D eigenvalue weighted by Crippen LogP contribution is -2.43. The number of likely N-dealkylation sites (tertiary alicyclic amines) is 1. The van der Waals surface area contributed by atoms with E-state index in [1.807, 2.05) is 17.0 Å². The molecule has 0 aromatic heterocycles. The number of benzene rings is 1. The summed E-state index contributed by atoms with van der Waals surface area (Å²) in [7, 11) is 3.27. The molecule has 1 N–H and O–H groups in total. The zero-order valence-corrected chi connectivity index (χ0v) is 16.2. The number of methoxy groups -OCH3 is 2. The second-order valence-corrected chi connectivity index (χ2v) is 7.11. The summed E-state index contributed by atoms with van der Waals surface area (Å²) in [6.07, 6.45) is 3.05. The fraction of sp³-hybridized carbons (Fsp3) is 0.600. The van der Waals surface area contributed by atoms with Crippen molar-refractivity contribution in [2.75, 3.05) is 33.9 Å². The smallest absolute Gasteiger partial charge is 0.219 e. The summed E-state index contributed by atoms with van der Waals surface area (Å²) in [5.74, 6) is 1.93. The summed E-state index contributed by atoms with van der Waals surface area (Å²) in [5, 5.41) is 2.74. The molecule has 0 radical (unpaired) electrons. The van der Waals surface area contributed by atoms with Crippen LogP contribution in [0.3, 0.4) is 0 Å². The Labute approximate surface area is 160 Å². The Bertz CT molecular complexity index is 685. The molecule has 1 aromatic carbocycles. The van der Waals surface area contributed by atoms with Crippen molar-refractivity contribution < 1.29 is 23.8 Å². The third-order valence-electron chi connectivity index (χ3n) is 5.67. The maximum atomic E-state index is 11.6. The van der Waals surface area contributed by atoms with Crippen molar-refractivity contribution in [2.45, 2.75) is 38.4 Å². The molecule has 1 saturated heterocycles. The number of piperidine rings is 1. The predicted molar refractivity (Wildman–Crippen MR) is 99.9 cm³/mol. The van der Waals surface area contributed by atoms with Crippen molar-refractivity contribution in [1.29, 1.82) is 0 Å². The molecule has 1 fully saturated rings. The van der Waals surface area contributed by atoms with E-state index >= 15 is 0 Å². The average Bonchev–Trinajstić information content (AvgIpc) is 2.70. The van der Waals surface area contributed by atoms with Crippen molar-refractivity contribution in [2.24, 2.45) is 5.92 Å². The summed E-state index contributed by atoms with van der Waals surface area (Å²) in [6.45, 7) is 3.55. The topological polar surface area (TPSA) is 77.1 Å². The normalized spacial score (nSPS) is 22.7. The van der Waals surface area contributed by atoms with Gasteiger partial charge in [0.25, 0.3) is 0 Å². The second kappa shape index (κ2) is 8.61. The lowest BCUT2D eigenvalue weighted by Gasteiger charge is -2.40. The molecule has 2 aliphatic heterocycles. The first-order valence-electron chi connectivity index (χ1n) is 9.40. The molecule has 2 aliphatic rings. The largest absolute Gasteiger partial charge is 0.493 e. The third kappa shape index (κ3) is 4.03. The van der Waals surface area contributed by atoms with Crippen LogP contribution in [0.2, 0.25) is 0 Å². The molecule has 0 saturated carbocycles. The predicted octanol–water partition coefficient (Wildman–Crippen LogP) is 1.69. The first-order valence-corrected chi connectivity index (χ1v) is 9.40. The Morgan fingerprint density at radius 1 is 1.30 bits per heavy atom. The lowest BCUT2D eigenvalue weighted by molar-refractivity contribution is -0.132. The Kier molecular flexibility index (Phi) is 6.21. The summed E-state index contributed by atoms with van der Waals surface area (Å²) >= 11 is 0.